The average Bonchev–Trinajstić information content (AvgIpc) is 3.79. The second kappa shape index (κ2) is 20.5. The van der Waals surface area contributed by atoms with E-state index in [9.17, 15) is 41.3 Å². The lowest BCUT2D eigenvalue weighted by atomic mass is 9.72. The standard InChI is InChI=1S/C48H52ClF3N8O9S/c1-4-67-46(62)59-19-20-68-35(29-59)27-54-41-10-7-36(24-42(41)60(63)64)70(65,66)56-45(61)38-9-6-33(23-43(38)69-34-21-30-12-14-53-44(30)55-26-34)58-17-15-57(16-18-58)28-31-11-13-47(2,3)25-39(31)37-8-5-32(22-40(37)49)48(50,51)52/h5-10,12,14,21-24,26,35,54H,4,11,13,15-20,25,27-29H2,1-3H3,(H,53,55)(H,56,61). The van der Waals surface area contributed by atoms with Gasteiger partial charge in [0.05, 0.1) is 53.0 Å². The van der Waals surface area contributed by atoms with Gasteiger partial charge < -0.3 is 34.3 Å². The molecule has 1 unspecified atom stereocenters. The number of morpholine rings is 1. The van der Waals surface area contributed by atoms with Crippen LogP contribution in [0.15, 0.2) is 89.6 Å². The van der Waals surface area contributed by atoms with Gasteiger partial charge in [0.2, 0.25) is 0 Å². The summed E-state index contributed by atoms with van der Waals surface area (Å²) in [4.78, 5) is 50.4. The van der Waals surface area contributed by atoms with Gasteiger partial charge >= 0.3 is 12.3 Å². The number of nitrogens with one attached hydrogen (secondary N) is 3. The summed E-state index contributed by atoms with van der Waals surface area (Å²) in [7, 11) is -4.70. The zero-order valence-corrected chi connectivity index (χ0v) is 40.2. The van der Waals surface area contributed by atoms with E-state index in [1.807, 2.05) is 4.72 Å². The fourth-order valence-electron chi connectivity index (χ4n) is 8.91. The predicted molar refractivity (Wildman–Crippen MR) is 257 cm³/mol. The van der Waals surface area contributed by atoms with E-state index in [0.717, 1.165) is 53.6 Å². The molecule has 1 atom stereocenters. The highest BCUT2D eigenvalue weighted by Crippen LogP contribution is 2.46. The lowest BCUT2D eigenvalue weighted by Gasteiger charge is -2.39. The summed E-state index contributed by atoms with van der Waals surface area (Å²) in [6, 6.07) is 15.0. The van der Waals surface area contributed by atoms with Gasteiger partial charge in [0.1, 0.15) is 22.8 Å². The van der Waals surface area contributed by atoms with E-state index in [4.69, 9.17) is 25.8 Å². The van der Waals surface area contributed by atoms with Crippen molar-refractivity contribution in [3.63, 3.8) is 0 Å². The van der Waals surface area contributed by atoms with Crippen molar-refractivity contribution in [3.05, 3.63) is 117 Å². The van der Waals surface area contributed by atoms with Gasteiger partial charge in [-0.3, -0.25) is 19.8 Å². The highest BCUT2D eigenvalue weighted by molar-refractivity contribution is 7.90. The molecule has 70 heavy (non-hydrogen) atoms. The number of piperazine rings is 1. The molecule has 2 amide bonds. The number of fused-ring (bicyclic) bond motifs is 1. The number of nitrogens with zero attached hydrogens (tertiary/aromatic N) is 5. The molecule has 0 radical (unpaired) electrons. The molecule has 4 heterocycles. The Morgan fingerprint density at radius 2 is 1.83 bits per heavy atom. The second-order valence-corrected chi connectivity index (χ2v) is 20.2. The van der Waals surface area contributed by atoms with Crippen molar-refractivity contribution in [2.24, 2.45) is 5.41 Å². The molecule has 0 saturated carbocycles. The van der Waals surface area contributed by atoms with E-state index in [-0.39, 0.29) is 59.5 Å². The number of allylic oxidation sites excluding steroid dienone is 1. The molecule has 3 aliphatic rings. The number of hydrogen-bond donors (Lipinski definition) is 3. The molecular formula is C48H52ClF3N8O9S. The Bertz CT molecular complexity index is 2940. The number of rotatable bonds is 14. The largest absolute Gasteiger partial charge is 0.455 e. The number of hydrogen-bond acceptors (Lipinski definition) is 13. The van der Waals surface area contributed by atoms with Crippen LogP contribution in [0.4, 0.5) is 35.0 Å². The normalized spacial score (nSPS) is 17.9. The number of pyridine rings is 1. The number of nitro benzene ring substituents is 1. The number of sulfonamides is 1. The van der Waals surface area contributed by atoms with Crippen molar-refractivity contribution in [3.8, 4) is 11.5 Å². The summed E-state index contributed by atoms with van der Waals surface area (Å²) in [5.74, 6) is -0.764. The summed E-state index contributed by atoms with van der Waals surface area (Å²) in [5.41, 5.74) is 2.45. The van der Waals surface area contributed by atoms with Crippen LogP contribution in [-0.2, 0) is 25.7 Å². The van der Waals surface area contributed by atoms with Crippen LogP contribution >= 0.6 is 11.6 Å². The molecule has 5 aromatic rings. The zero-order chi connectivity index (χ0) is 50.0. The van der Waals surface area contributed by atoms with Gasteiger partial charge in [-0.1, -0.05) is 37.1 Å². The van der Waals surface area contributed by atoms with Crippen LogP contribution in [0.5, 0.6) is 11.5 Å². The van der Waals surface area contributed by atoms with Crippen molar-refractivity contribution >= 4 is 67.3 Å². The van der Waals surface area contributed by atoms with Gasteiger partial charge in [0.25, 0.3) is 21.6 Å². The predicted octanol–water partition coefficient (Wildman–Crippen LogP) is 9.11. The van der Waals surface area contributed by atoms with Crippen LogP contribution in [0, 0.1) is 15.5 Å². The highest BCUT2D eigenvalue weighted by Gasteiger charge is 2.34. The summed E-state index contributed by atoms with van der Waals surface area (Å²) in [6.07, 6.45) is -0.0115. The van der Waals surface area contributed by atoms with Gasteiger partial charge in [-0.15, -0.1) is 0 Å². The number of amides is 2. The summed E-state index contributed by atoms with van der Waals surface area (Å²) in [6.45, 7) is 9.97. The van der Waals surface area contributed by atoms with Crippen molar-refractivity contribution in [2.45, 2.75) is 57.2 Å². The Morgan fingerprint density at radius 1 is 1.04 bits per heavy atom. The lowest BCUT2D eigenvalue weighted by molar-refractivity contribution is -0.384. The molecule has 2 aliphatic heterocycles. The number of halogens is 4. The molecule has 22 heteroatoms. The van der Waals surface area contributed by atoms with Crippen molar-refractivity contribution in [1.29, 1.82) is 0 Å². The van der Waals surface area contributed by atoms with Crippen LogP contribution in [0.25, 0.3) is 16.6 Å². The van der Waals surface area contributed by atoms with E-state index >= 15 is 0 Å². The molecular weight excluding hydrogens is 957 g/mol. The third-order valence-electron chi connectivity index (χ3n) is 12.7. The monoisotopic (exact) mass is 1010 g/mol. The maximum Gasteiger partial charge on any atom is 0.416 e. The molecule has 0 spiro atoms. The third kappa shape index (κ3) is 11.6. The molecule has 3 aromatic carbocycles. The first-order valence-electron chi connectivity index (χ1n) is 22.7. The van der Waals surface area contributed by atoms with E-state index in [1.165, 1.54) is 29.3 Å². The van der Waals surface area contributed by atoms with E-state index < -0.39 is 55.4 Å². The fourth-order valence-corrected chi connectivity index (χ4v) is 10.2. The molecule has 1 aliphatic carbocycles. The lowest BCUT2D eigenvalue weighted by Crippen LogP contribution is -2.48. The van der Waals surface area contributed by atoms with Crippen LogP contribution in [0.3, 0.4) is 0 Å². The minimum absolute atomic E-state index is 0.00446. The number of H-pyrrole nitrogens is 1. The Kier molecular flexibility index (Phi) is 14.6. The Hall–Kier alpha value is -6.42. The number of carbonyl (C=O) groups excluding carboxylic acids is 2. The van der Waals surface area contributed by atoms with Gasteiger partial charge in [-0.2, -0.15) is 13.2 Å². The molecule has 372 valence electrons. The topological polar surface area (TPSA) is 202 Å². The summed E-state index contributed by atoms with van der Waals surface area (Å²) >= 11 is 6.54. The molecule has 17 nitrogen and oxygen atoms in total. The number of anilines is 2. The van der Waals surface area contributed by atoms with E-state index in [0.29, 0.717) is 62.6 Å². The van der Waals surface area contributed by atoms with Gasteiger partial charge in [0, 0.05) is 80.2 Å². The van der Waals surface area contributed by atoms with Crippen LogP contribution in [0.1, 0.15) is 61.5 Å². The number of carbonyl (C=O) groups is 2. The van der Waals surface area contributed by atoms with Crippen LogP contribution < -0.4 is 19.7 Å². The SMILES string of the molecule is CCOC(=O)N1CCOC(CNc2ccc(S(=O)(=O)NC(=O)c3ccc(N4CCN(CC5=C(c6ccc(C(F)(F)F)cc6Cl)CC(C)(C)CC5)CC4)cc3Oc3cnc4[nH]ccc4c3)cc2[N+](=O)[O-])C1. The molecule has 8 rings (SSSR count). The molecule has 0 bridgehead atoms. The highest BCUT2D eigenvalue weighted by atomic mass is 35.5. The van der Waals surface area contributed by atoms with E-state index in [1.54, 1.807) is 37.4 Å². The molecule has 3 N–H and O–H groups in total. The van der Waals surface area contributed by atoms with Crippen LogP contribution in [-0.4, -0.2) is 117 Å². The van der Waals surface area contributed by atoms with Crippen molar-refractivity contribution < 1.29 is 50.3 Å². The maximum absolute atomic E-state index is 14.0. The van der Waals surface area contributed by atoms with Crippen molar-refractivity contribution in [1.82, 2.24) is 24.5 Å². The molecule has 2 aromatic heterocycles. The minimum atomic E-state index is -4.70. The summed E-state index contributed by atoms with van der Waals surface area (Å²) in [5, 5.41) is 15.9. The van der Waals surface area contributed by atoms with Gasteiger partial charge in [-0.25, -0.2) is 22.9 Å². The number of aromatic amines is 1. The molecule has 2 saturated heterocycles. The Labute approximate surface area is 407 Å². The molecule has 2 fully saturated rings. The first-order valence-corrected chi connectivity index (χ1v) is 24.6. The van der Waals surface area contributed by atoms with Crippen molar-refractivity contribution in [2.75, 3.05) is 75.8 Å². The summed E-state index contributed by atoms with van der Waals surface area (Å²) < 4.78 is 87.2. The zero-order valence-electron chi connectivity index (χ0n) is 38.6. The quantitative estimate of drug-likeness (QED) is 0.0703. The number of alkyl halides is 3. The third-order valence-corrected chi connectivity index (χ3v) is 14.3. The number of aromatic nitrogens is 2. The number of benzene rings is 3. The van der Waals surface area contributed by atoms with Gasteiger partial charge in [-0.05, 0) is 91.3 Å². The fraction of sp³-hybridized carbons (Fsp3) is 0.396. The maximum atomic E-state index is 14.0. The average molecular weight is 1010 g/mol. The van der Waals surface area contributed by atoms with Crippen LogP contribution in [0.2, 0.25) is 5.02 Å². The first kappa shape index (κ1) is 50.0. The number of ether oxygens (including phenoxy) is 3. The Balaban J connectivity index is 0.988. The minimum Gasteiger partial charge on any atom is -0.455 e. The van der Waals surface area contributed by atoms with Gasteiger partial charge in [0.15, 0.2) is 0 Å². The number of nitro groups is 1. The smallest absolute Gasteiger partial charge is 0.416 e. The van der Waals surface area contributed by atoms with E-state index in [2.05, 4.69) is 38.9 Å². The second-order valence-electron chi connectivity index (χ2n) is 18.1. The Morgan fingerprint density at radius 3 is 2.56 bits per heavy atom. The first-order chi connectivity index (χ1) is 33.3.